The summed E-state index contributed by atoms with van der Waals surface area (Å²) in [5, 5.41) is 9.07. The second-order valence-corrected chi connectivity index (χ2v) is 2.85. The lowest BCUT2D eigenvalue weighted by molar-refractivity contribution is 1.23. The molecule has 1 heterocycles. The molecule has 0 aliphatic carbocycles. The third-order valence-corrected chi connectivity index (χ3v) is 1.93. The number of fused-ring (bicyclic) bond motifs is 1. The number of aromatic nitrogens is 2. The highest BCUT2D eigenvalue weighted by Crippen LogP contribution is 2.17. The van der Waals surface area contributed by atoms with Crippen LogP contribution in [0.4, 0.5) is 5.82 Å². The maximum atomic E-state index is 8.32. The van der Waals surface area contributed by atoms with E-state index in [1.165, 1.54) is 6.33 Å². The highest BCUT2D eigenvalue weighted by atomic mass is 14.9. The van der Waals surface area contributed by atoms with Crippen molar-refractivity contribution in [2.45, 2.75) is 0 Å². The monoisotopic (exact) mass is 194 g/mol. The fourth-order valence-corrected chi connectivity index (χ4v) is 1.25. The summed E-state index contributed by atoms with van der Waals surface area (Å²) in [6, 6.07) is 7.12. The number of nitrogens with two attached hydrogens (primary N) is 1. The highest BCUT2D eigenvalue weighted by molar-refractivity contribution is 5.88. The van der Waals surface area contributed by atoms with Crippen LogP contribution in [0.2, 0.25) is 0 Å². The number of nitrogen functional groups attached to an aromatic ring is 1. The molecule has 2 N–H and O–H groups in total. The summed E-state index contributed by atoms with van der Waals surface area (Å²) in [5.41, 5.74) is 7.19. The second-order valence-electron chi connectivity index (χ2n) is 2.85. The van der Waals surface area contributed by atoms with Crippen molar-refractivity contribution in [1.29, 1.82) is 5.26 Å². The molecule has 1 aromatic heterocycles. The van der Waals surface area contributed by atoms with Gasteiger partial charge in [0.25, 0.3) is 0 Å². The van der Waals surface area contributed by atoms with Gasteiger partial charge in [-0.1, -0.05) is 5.92 Å². The normalized spacial score (nSPS) is 9.00. The molecule has 1 aromatic carbocycles. The van der Waals surface area contributed by atoms with Gasteiger partial charge in [-0.2, -0.15) is 5.26 Å². The SMILES string of the molecule is N#CC#Cc1ccc2ncnc(N)c2c1. The van der Waals surface area contributed by atoms with E-state index in [1.54, 1.807) is 24.3 Å². The second kappa shape index (κ2) is 3.65. The number of benzene rings is 1. The molecule has 0 bridgehead atoms. The van der Waals surface area contributed by atoms with Gasteiger partial charge in [-0.15, -0.1) is 0 Å². The number of hydrogen-bond acceptors (Lipinski definition) is 4. The molecule has 0 fully saturated rings. The first kappa shape index (κ1) is 8.98. The summed E-state index contributed by atoms with van der Waals surface area (Å²) in [5.74, 6) is 5.43. The third kappa shape index (κ3) is 1.70. The number of rotatable bonds is 0. The van der Waals surface area contributed by atoms with Gasteiger partial charge in [-0.25, -0.2) is 9.97 Å². The predicted molar refractivity (Wildman–Crippen MR) is 56.4 cm³/mol. The third-order valence-electron chi connectivity index (χ3n) is 1.93. The number of anilines is 1. The maximum Gasteiger partial charge on any atom is 0.152 e. The van der Waals surface area contributed by atoms with Crippen LogP contribution in [0, 0.1) is 23.2 Å². The minimum absolute atomic E-state index is 0.417. The van der Waals surface area contributed by atoms with Crippen LogP contribution in [-0.4, -0.2) is 9.97 Å². The molecule has 2 aromatic rings. The Morgan fingerprint density at radius 1 is 1.27 bits per heavy atom. The Morgan fingerprint density at radius 2 is 2.13 bits per heavy atom. The number of hydrogen-bond donors (Lipinski definition) is 1. The maximum absolute atomic E-state index is 8.32. The summed E-state index contributed by atoms with van der Waals surface area (Å²) in [4.78, 5) is 7.94. The number of nitriles is 1. The Labute approximate surface area is 86.4 Å². The molecule has 4 nitrogen and oxygen atoms in total. The Balaban J connectivity index is 2.66. The van der Waals surface area contributed by atoms with Crippen LogP contribution >= 0.6 is 0 Å². The first-order chi connectivity index (χ1) is 7.31. The van der Waals surface area contributed by atoms with Crippen molar-refractivity contribution in [3.63, 3.8) is 0 Å². The van der Waals surface area contributed by atoms with Gasteiger partial charge in [0.05, 0.1) is 5.52 Å². The van der Waals surface area contributed by atoms with E-state index in [0.29, 0.717) is 5.82 Å². The van der Waals surface area contributed by atoms with Gasteiger partial charge < -0.3 is 5.73 Å². The van der Waals surface area contributed by atoms with Crippen LogP contribution in [0.25, 0.3) is 10.9 Å². The van der Waals surface area contributed by atoms with Gasteiger partial charge in [0.1, 0.15) is 12.1 Å². The average Bonchev–Trinajstić information content (AvgIpc) is 2.27. The van der Waals surface area contributed by atoms with E-state index < -0.39 is 0 Å². The molecule has 0 saturated heterocycles. The zero-order valence-corrected chi connectivity index (χ0v) is 7.73. The fourth-order valence-electron chi connectivity index (χ4n) is 1.25. The molecule has 2 rings (SSSR count). The Morgan fingerprint density at radius 3 is 2.93 bits per heavy atom. The van der Waals surface area contributed by atoms with Crippen molar-refractivity contribution in [1.82, 2.24) is 9.97 Å². The van der Waals surface area contributed by atoms with Crippen molar-refractivity contribution >= 4 is 16.7 Å². The van der Waals surface area contributed by atoms with Gasteiger partial charge >= 0.3 is 0 Å². The first-order valence-corrected chi connectivity index (χ1v) is 4.21. The van der Waals surface area contributed by atoms with Crippen molar-refractivity contribution in [2.24, 2.45) is 0 Å². The van der Waals surface area contributed by atoms with E-state index in [0.717, 1.165) is 16.5 Å². The average molecular weight is 194 g/mol. The van der Waals surface area contributed by atoms with Crippen molar-refractivity contribution in [3.05, 3.63) is 30.1 Å². The van der Waals surface area contributed by atoms with E-state index in [1.807, 2.05) is 0 Å². The van der Waals surface area contributed by atoms with Crippen LogP contribution in [0.3, 0.4) is 0 Å². The molecule has 0 saturated carbocycles. The zero-order chi connectivity index (χ0) is 10.7. The summed E-state index contributed by atoms with van der Waals surface area (Å²) >= 11 is 0. The highest BCUT2D eigenvalue weighted by Gasteiger charge is 1.99. The Kier molecular flexibility index (Phi) is 2.19. The molecule has 70 valence electrons. The molecule has 0 radical (unpaired) electrons. The lowest BCUT2D eigenvalue weighted by Crippen LogP contribution is -1.93. The molecule has 4 heteroatoms. The van der Waals surface area contributed by atoms with E-state index in [4.69, 9.17) is 11.0 Å². The summed E-state index contributed by atoms with van der Waals surface area (Å²) in [7, 11) is 0. The van der Waals surface area contributed by atoms with Gasteiger partial charge in [0.2, 0.25) is 0 Å². The topological polar surface area (TPSA) is 75.6 Å². The minimum Gasteiger partial charge on any atom is -0.383 e. The zero-order valence-electron chi connectivity index (χ0n) is 7.73. The smallest absolute Gasteiger partial charge is 0.152 e. The fraction of sp³-hybridized carbons (Fsp3) is 0. The minimum atomic E-state index is 0.417. The summed E-state index contributed by atoms with van der Waals surface area (Å²) < 4.78 is 0. The lowest BCUT2D eigenvalue weighted by atomic mass is 10.1. The van der Waals surface area contributed by atoms with Gasteiger partial charge in [-0.05, 0) is 18.2 Å². The standard InChI is InChI=1S/C11H6N4/c12-5-1-2-8-3-4-10-9(6-8)11(13)15-7-14-10/h3-4,6-7H,(H2,13,14,15). The molecular weight excluding hydrogens is 188 g/mol. The molecule has 0 amide bonds. The number of nitrogens with zero attached hydrogens (tertiary/aromatic N) is 3. The van der Waals surface area contributed by atoms with Crippen LogP contribution in [0.5, 0.6) is 0 Å². The molecule has 0 aliphatic rings. The Hall–Kier alpha value is -2.59. The van der Waals surface area contributed by atoms with Crippen molar-refractivity contribution in [2.75, 3.05) is 5.73 Å². The largest absolute Gasteiger partial charge is 0.383 e. The molecular formula is C11H6N4. The van der Waals surface area contributed by atoms with Crippen LogP contribution in [0.1, 0.15) is 5.56 Å². The lowest BCUT2D eigenvalue weighted by Gasteiger charge is -1.99. The van der Waals surface area contributed by atoms with E-state index in [-0.39, 0.29) is 0 Å². The van der Waals surface area contributed by atoms with Gasteiger partial charge in [0.15, 0.2) is 6.07 Å². The quantitative estimate of drug-likeness (QED) is 0.637. The van der Waals surface area contributed by atoms with Gasteiger partial charge in [0, 0.05) is 16.9 Å². The Bertz CT molecular complexity index is 614. The van der Waals surface area contributed by atoms with Crippen LogP contribution in [0.15, 0.2) is 24.5 Å². The molecule has 0 spiro atoms. The molecule has 0 atom stereocenters. The van der Waals surface area contributed by atoms with E-state index >= 15 is 0 Å². The summed E-state index contributed by atoms with van der Waals surface area (Å²) in [6.45, 7) is 0. The van der Waals surface area contributed by atoms with Gasteiger partial charge in [-0.3, -0.25) is 0 Å². The van der Waals surface area contributed by atoms with Crippen LogP contribution < -0.4 is 5.73 Å². The van der Waals surface area contributed by atoms with Crippen LogP contribution in [-0.2, 0) is 0 Å². The van der Waals surface area contributed by atoms with E-state index in [9.17, 15) is 0 Å². The molecule has 0 unspecified atom stereocenters. The molecule has 0 aliphatic heterocycles. The first-order valence-electron chi connectivity index (χ1n) is 4.21. The van der Waals surface area contributed by atoms with E-state index in [2.05, 4.69) is 21.8 Å². The van der Waals surface area contributed by atoms with Crippen molar-refractivity contribution < 1.29 is 0 Å². The van der Waals surface area contributed by atoms with Crippen molar-refractivity contribution in [3.8, 4) is 17.9 Å². The summed E-state index contributed by atoms with van der Waals surface area (Å²) in [6.07, 6.45) is 1.41. The molecule has 15 heavy (non-hydrogen) atoms. The predicted octanol–water partition coefficient (Wildman–Crippen LogP) is 1.09.